The molecule has 2 heteroatoms. The van der Waals surface area contributed by atoms with Gasteiger partial charge in [0, 0.05) is 12.1 Å². The molecule has 1 aromatic rings. The minimum Gasteiger partial charge on any atom is -0.496 e. The number of ether oxygens (including phenoxy) is 1. The quantitative estimate of drug-likeness (QED) is 0.823. The van der Waals surface area contributed by atoms with Crippen molar-refractivity contribution >= 4 is 0 Å². The summed E-state index contributed by atoms with van der Waals surface area (Å²) in [6.07, 6.45) is 5.40. The highest BCUT2D eigenvalue weighted by Gasteiger charge is 2.17. The van der Waals surface area contributed by atoms with Crippen LogP contribution >= 0.6 is 0 Å². The molecule has 0 bridgehead atoms. The molecule has 0 heterocycles. The lowest BCUT2D eigenvalue weighted by atomic mass is 9.95. The van der Waals surface area contributed by atoms with E-state index in [-0.39, 0.29) is 0 Å². The van der Waals surface area contributed by atoms with Crippen molar-refractivity contribution in [2.75, 3.05) is 7.11 Å². The number of hydrogen-bond acceptors (Lipinski definition) is 2. The summed E-state index contributed by atoms with van der Waals surface area (Å²) in [5.74, 6) is 1.67. The highest BCUT2D eigenvalue weighted by Crippen LogP contribution is 2.35. The van der Waals surface area contributed by atoms with Gasteiger partial charge in [0.1, 0.15) is 5.75 Å². The van der Waals surface area contributed by atoms with Crippen LogP contribution in [0.5, 0.6) is 5.75 Å². The number of benzene rings is 1. The second kappa shape index (κ2) is 4.67. The van der Waals surface area contributed by atoms with Gasteiger partial charge in [0.25, 0.3) is 0 Å². The minimum atomic E-state index is 0.559. The summed E-state index contributed by atoms with van der Waals surface area (Å²) in [4.78, 5) is 0. The smallest absolute Gasteiger partial charge is 0.123 e. The van der Waals surface area contributed by atoms with Gasteiger partial charge in [0.05, 0.1) is 7.11 Å². The molecular weight excluding hydrogens is 186 g/mol. The average Bonchev–Trinajstić information content (AvgIpc) is 2.81. The van der Waals surface area contributed by atoms with Crippen molar-refractivity contribution in [2.45, 2.75) is 38.1 Å². The van der Waals surface area contributed by atoms with Crippen molar-refractivity contribution in [3.05, 3.63) is 29.3 Å². The van der Waals surface area contributed by atoms with Gasteiger partial charge in [-0.05, 0) is 30.4 Å². The highest BCUT2D eigenvalue weighted by molar-refractivity contribution is 5.38. The Morgan fingerprint density at radius 2 is 2.07 bits per heavy atom. The van der Waals surface area contributed by atoms with Crippen molar-refractivity contribution in [2.24, 2.45) is 5.73 Å². The maximum atomic E-state index is 5.71. The Kier molecular flexibility index (Phi) is 3.27. The third-order valence-corrected chi connectivity index (χ3v) is 3.35. The molecule has 0 unspecified atom stereocenters. The minimum absolute atomic E-state index is 0.559. The summed E-state index contributed by atoms with van der Waals surface area (Å²) in [6.45, 7) is 0.559. The topological polar surface area (TPSA) is 35.2 Å². The molecule has 1 aromatic carbocycles. The van der Waals surface area contributed by atoms with Gasteiger partial charge >= 0.3 is 0 Å². The molecule has 82 valence electrons. The Bertz CT molecular complexity index is 329. The zero-order valence-electron chi connectivity index (χ0n) is 9.33. The Labute approximate surface area is 91.4 Å². The molecule has 1 aliphatic carbocycles. The zero-order chi connectivity index (χ0) is 10.7. The second-order valence-corrected chi connectivity index (χ2v) is 4.26. The predicted octanol–water partition coefficient (Wildman–Crippen LogP) is 2.81. The van der Waals surface area contributed by atoms with Crippen LogP contribution in [0, 0.1) is 0 Å². The molecule has 15 heavy (non-hydrogen) atoms. The normalized spacial score (nSPS) is 16.9. The summed E-state index contributed by atoms with van der Waals surface area (Å²) in [7, 11) is 1.70. The molecule has 2 nitrogen and oxygen atoms in total. The van der Waals surface area contributed by atoms with Gasteiger partial charge in [-0.2, -0.15) is 0 Å². The Balaban J connectivity index is 2.25. The lowest BCUT2D eigenvalue weighted by Gasteiger charge is -2.13. The first-order valence-corrected chi connectivity index (χ1v) is 5.72. The standard InChI is InChI=1S/C13H19NO/c1-15-13-7-6-11(8-12(13)9-14)10-4-2-3-5-10/h6-8,10H,2-5,9,14H2,1H3. The SMILES string of the molecule is COc1ccc(C2CCCC2)cc1CN. The summed E-state index contributed by atoms with van der Waals surface area (Å²) in [5.41, 5.74) is 8.28. The molecule has 0 spiro atoms. The molecule has 0 saturated heterocycles. The maximum Gasteiger partial charge on any atom is 0.123 e. The summed E-state index contributed by atoms with van der Waals surface area (Å²) < 4.78 is 5.27. The Morgan fingerprint density at radius 1 is 1.33 bits per heavy atom. The third-order valence-electron chi connectivity index (χ3n) is 3.35. The van der Waals surface area contributed by atoms with Crippen LogP contribution in [0.25, 0.3) is 0 Å². The van der Waals surface area contributed by atoms with E-state index in [0.29, 0.717) is 6.54 Å². The number of nitrogens with two attached hydrogens (primary N) is 1. The molecule has 0 radical (unpaired) electrons. The molecular formula is C13H19NO. The molecule has 2 N–H and O–H groups in total. The largest absolute Gasteiger partial charge is 0.496 e. The molecule has 2 rings (SSSR count). The third kappa shape index (κ3) is 2.15. The first-order chi connectivity index (χ1) is 7.35. The lowest BCUT2D eigenvalue weighted by Crippen LogP contribution is -2.02. The van der Waals surface area contributed by atoms with E-state index in [1.807, 2.05) is 0 Å². The van der Waals surface area contributed by atoms with Gasteiger partial charge in [-0.3, -0.25) is 0 Å². The van der Waals surface area contributed by atoms with Crippen LogP contribution in [0.2, 0.25) is 0 Å². The van der Waals surface area contributed by atoms with Gasteiger partial charge in [-0.1, -0.05) is 25.0 Å². The summed E-state index contributed by atoms with van der Waals surface area (Å²) >= 11 is 0. The molecule has 0 aliphatic heterocycles. The zero-order valence-corrected chi connectivity index (χ0v) is 9.33. The molecule has 0 aromatic heterocycles. The van der Waals surface area contributed by atoms with Crippen molar-refractivity contribution in [1.29, 1.82) is 0 Å². The van der Waals surface area contributed by atoms with Gasteiger partial charge in [-0.15, -0.1) is 0 Å². The van der Waals surface area contributed by atoms with Crippen molar-refractivity contribution in [3.8, 4) is 5.75 Å². The maximum absolute atomic E-state index is 5.71. The van der Waals surface area contributed by atoms with Crippen LogP contribution in [0.4, 0.5) is 0 Å². The van der Waals surface area contributed by atoms with Gasteiger partial charge < -0.3 is 10.5 Å². The van der Waals surface area contributed by atoms with Crippen molar-refractivity contribution < 1.29 is 4.74 Å². The molecule has 0 atom stereocenters. The average molecular weight is 205 g/mol. The summed E-state index contributed by atoms with van der Waals surface area (Å²) in [6, 6.07) is 6.46. The molecule has 1 fully saturated rings. The second-order valence-electron chi connectivity index (χ2n) is 4.26. The monoisotopic (exact) mass is 205 g/mol. The van der Waals surface area contributed by atoms with E-state index in [2.05, 4.69) is 18.2 Å². The number of hydrogen-bond donors (Lipinski definition) is 1. The van der Waals surface area contributed by atoms with Crippen LogP contribution < -0.4 is 10.5 Å². The van der Waals surface area contributed by atoms with E-state index < -0.39 is 0 Å². The number of methoxy groups -OCH3 is 1. The van der Waals surface area contributed by atoms with E-state index in [1.165, 1.54) is 31.2 Å². The fourth-order valence-electron chi connectivity index (χ4n) is 2.47. The van der Waals surface area contributed by atoms with E-state index >= 15 is 0 Å². The number of rotatable bonds is 3. The van der Waals surface area contributed by atoms with E-state index in [9.17, 15) is 0 Å². The predicted molar refractivity (Wildman–Crippen MR) is 62.1 cm³/mol. The fourth-order valence-corrected chi connectivity index (χ4v) is 2.47. The lowest BCUT2D eigenvalue weighted by molar-refractivity contribution is 0.409. The highest BCUT2D eigenvalue weighted by atomic mass is 16.5. The van der Waals surface area contributed by atoms with Crippen molar-refractivity contribution in [3.63, 3.8) is 0 Å². The van der Waals surface area contributed by atoms with Gasteiger partial charge in [0.2, 0.25) is 0 Å². The Morgan fingerprint density at radius 3 is 2.67 bits per heavy atom. The molecule has 1 saturated carbocycles. The van der Waals surface area contributed by atoms with Gasteiger partial charge in [0.15, 0.2) is 0 Å². The van der Waals surface area contributed by atoms with Crippen LogP contribution in [0.3, 0.4) is 0 Å². The Hall–Kier alpha value is -1.02. The van der Waals surface area contributed by atoms with Crippen LogP contribution in [-0.2, 0) is 6.54 Å². The summed E-state index contributed by atoms with van der Waals surface area (Å²) in [5, 5.41) is 0. The van der Waals surface area contributed by atoms with Crippen LogP contribution in [-0.4, -0.2) is 7.11 Å². The van der Waals surface area contributed by atoms with Crippen LogP contribution in [0.15, 0.2) is 18.2 Å². The van der Waals surface area contributed by atoms with Crippen LogP contribution in [0.1, 0.15) is 42.7 Å². The molecule has 1 aliphatic rings. The van der Waals surface area contributed by atoms with Gasteiger partial charge in [-0.25, -0.2) is 0 Å². The first-order valence-electron chi connectivity index (χ1n) is 5.72. The van der Waals surface area contributed by atoms with E-state index in [4.69, 9.17) is 10.5 Å². The fraction of sp³-hybridized carbons (Fsp3) is 0.538. The molecule has 0 amide bonds. The van der Waals surface area contributed by atoms with E-state index in [0.717, 1.165) is 17.2 Å². The van der Waals surface area contributed by atoms with E-state index in [1.54, 1.807) is 7.11 Å². The van der Waals surface area contributed by atoms with Crippen molar-refractivity contribution in [1.82, 2.24) is 0 Å². The first kappa shape index (κ1) is 10.5.